The lowest BCUT2D eigenvalue weighted by atomic mass is 10.2. The number of nitrogens with one attached hydrogen (secondary N) is 1. The van der Waals surface area contributed by atoms with Crippen LogP contribution in [0, 0.1) is 5.92 Å². The summed E-state index contributed by atoms with van der Waals surface area (Å²) in [7, 11) is 1.72. The smallest absolute Gasteiger partial charge is 0.293 e. The minimum absolute atomic E-state index is 0.0870. The van der Waals surface area contributed by atoms with Crippen LogP contribution in [0.1, 0.15) is 20.3 Å². The van der Waals surface area contributed by atoms with Crippen LogP contribution in [0.15, 0.2) is 35.8 Å². The summed E-state index contributed by atoms with van der Waals surface area (Å²) in [5.74, 6) is 1.65. The number of anilines is 2. The highest BCUT2D eigenvalue weighted by Crippen LogP contribution is 2.25. The first-order valence-corrected chi connectivity index (χ1v) is 8.93. The van der Waals surface area contributed by atoms with E-state index >= 15 is 0 Å². The fourth-order valence-corrected chi connectivity index (χ4v) is 3.29. The molecule has 3 heterocycles. The molecule has 140 valence electrons. The summed E-state index contributed by atoms with van der Waals surface area (Å²) < 4.78 is 7.24. The average Bonchev–Trinajstić information content (AvgIpc) is 3.06. The highest BCUT2D eigenvalue weighted by atomic mass is 16.5. The van der Waals surface area contributed by atoms with Crippen LogP contribution in [0.3, 0.4) is 0 Å². The van der Waals surface area contributed by atoms with Gasteiger partial charge in [0.25, 0.3) is 5.56 Å². The molecule has 0 radical (unpaired) electrons. The molecule has 0 bridgehead atoms. The molecule has 0 unspecified atom stereocenters. The molecule has 0 aromatic carbocycles. The number of ether oxygens (including phenoxy) is 1. The molecule has 0 amide bonds. The summed E-state index contributed by atoms with van der Waals surface area (Å²) in [5, 5.41) is 3.23. The highest BCUT2D eigenvalue weighted by molar-refractivity contribution is 5.42. The molecular weight excluding hydrogens is 332 g/mol. The molecule has 2 atom stereocenters. The lowest BCUT2D eigenvalue weighted by Crippen LogP contribution is -2.37. The zero-order valence-electron chi connectivity index (χ0n) is 15.5. The van der Waals surface area contributed by atoms with Crippen molar-refractivity contribution in [1.82, 2.24) is 19.5 Å². The summed E-state index contributed by atoms with van der Waals surface area (Å²) in [6.45, 7) is 6.21. The van der Waals surface area contributed by atoms with Crippen molar-refractivity contribution in [3.63, 3.8) is 0 Å². The van der Waals surface area contributed by atoms with Crippen molar-refractivity contribution in [1.29, 1.82) is 0 Å². The Labute approximate surface area is 153 Å². The second-order valence-electron chi connectivity index (χ2n) is 6.98. The minimum Gasteiger partial charge on any atom is -0.380 e. The Balaban J connectivity index is 1.72. The predicted octanol–water partition coefficient (Wildman–Crippen LogP) is 1.40. The highest BCUT2D eigenvalue weighted by Gasteiger charge is 2.33. The van der Waals surface area contributed by atoms with Crippen molar-refractivity contribution in [2.75, 3.05) is 30.4 Å². The fraction of sp³-hybridized carbons (Fsp3) is 0.556. The standard InChI is InChI=1S/C18H26N6O2/c1-13(2)10-23-7-6-20-17(18(23)25)21-9-14-8-15(26-3)11-24(14)16-4-5-19-12-22-16/h4-7,12-15H,8-11H2,1-3H3,(H,20,21)/t14-,15-/m1/s1. The van der Waals surface area contributed by atoms with E-state index in [1.165, 1.54) is 0 Å². The fourth-order valence-electron chi connectivity index (χ4n) is 3.29. The number of aromatic nitrogens is 4. The quantitative estimate of drug-likeness (QED) is 0.800. The maximum atomic E-state index is 12.6. The zero-order valence-corrected chi connectivity index (χ0v) is 15.5. The van der Waals surface area contributed by atoms with Crippen LogP contribution in [0.5, 0.6) is 0 Å². The topological polar surface area (TPSA) is 85.2 Å². The Morgan fingerprint density at radius 3 is 2.88 bits per heavy atom. The lowest BCUT2D eigenvalue weighted by molar-refractivity contribution is 0.118. The molecule has 3 rings (SSSR count). The molecule has 2 aromatic heterocycles. The van der Waals surface area contributed by atoms with Gasteiger partial charge in [-0.25, -0.2) is 15.0 Å². The SMILES string of the molecule is CO[C@@H]1C[C@H](CNc2nccn(CC(C)C)c2=O)N(c2ccncn2)C1. The van der Waals surface area contributed by atoms with E-state index in [4.69, 9.17) is 4.74 Å². The van der Waals surface area contributed by atoms with Crippen LogP contribution >= 0.6 is 0 Å². The van der Waals surface area contributed by atoms with Gasteiger partial charge in [0, 0.05) is 45.3 Å². The summed E-state index contributed by atoms with van der Waals surface area (Å²) >= 11 is 0. The van der Waals surface area contributed by atoms with E-state index in [0.717, 1.165) is 18.8 Å². The third-order valence-electron chi connectivity index (χ3n) is 4.55. The first kappa shape index (κ1) is 18.3. The van der Waals surface area contributed by atoms with Gasteiger partial charge in [0.15, 0.2) is 5.82 Å². The van der Waals surface area contributed by atoms with Crippen molar-refractivity contribution in [2.45, 2.75) is 39.0 Å². The van der Waals surface area contributed by atoms with E-state index in [9.17, 15) is 4.79 Å². The molecule has 8 nitrogen and oxygen atoms in total. The molecule has 0 spiro atoms. The van der Waals surface area contributed by atoms with Crippen LogP contribution in [-0.4, -0.2) is 51.9 Å². The van der Waals surface area contributed by atoms with Crippen LogP contribution in [0.2, 0.25) is 0 Å². The third-order valence-corrected chi connectivity index (χ3v) is 4.55. The van der Waals surface area contributed by atoms with E-state index in [0.29, 0.717) is 24.8 Å². The van der Waals surface area contributed by atoms with Gasteiger partial charge in [-0.05, 0) is 18.4 Å². The maximum absolute atomic E-state index is 12.6. The van der Waals surface area contributed by atoms with Crippen molar-refractivity contribution in [3.8, 4) is 0 Å². The Bertz CT molecular complexity index is 764. The van der Waals surface area contributed by atoms with Gasteiger partial charge in [-0.3, -0.25) is 4.79 Å². The molecule has 0 saturated carbocycles. The van der Waals surface area contributed by atoms with Crippen molar-refractivity contribution < 1.29 is 4.74 Å². The number of hydrogen-bond acceptors (Lipinski definition) is 7. The summed E-state index contributed by atoms with van der Waals surface area (Å²) in [4.78, 5) is 27.3. The molecule has 1 saturated heterocycles. The van der Waals surface area contributed by atoms with Gasteiger partial charge in [0.1, 0.15) is 12.1 Å². The van der Waals surface area contributed by atoms with E-state index in [1.807, 2.05) is 6.07 Å². The summed E-state index contributed by atoms with van der Waals surface area (Å²) in [6.07, 6.45) is 7.68. The van der Waals surface area contributed by atoms with Crippen LogP contribution in [0.25, 0.3) is 0 Å². The van der Waals surface area contributed by atoms with Crippen molar-refractivity contribution >= 4 is 11.6 Å². The Hall–Kier alpha value is -2.48. The Morgan fingerprint density at radius 2 is 2.19 bits per heavy atom. The molecule has 8 heteroatoms. The molecule has 1 aliphatic rings. The number of hydrogen-bond donors (Lipinski definition) is 1. The molecule has 26 heavy (non-hydrogen) atoms. The second kappa shape index (κ2) is 8.27. The first-order chi connectivity index (χ1) is 12.6. The molecule has 1 N–H and O–H groups in total. The second-order valence-corrected chi connectivity index (χ2v) is 6.98. The molecular formula is C18H26N6O2. The molecule has 1 fully saturated rings. The summed E-state index contributed by atoms with van der Waals surface area (Å²) in [6, 6.07) is 2.05. The Kier molecular flexibility index (Phi) is 5.82. The van der Waals surface area contributed by atoms with E-state index in [2.05, 4.69) is 39.0 Å². The minimum atomic E-state index is -0.0870. The van der Waals surface area contributed by atoms with Crippen LogP contribution < -0.4 is 15.8 Å². The van der Waals surface area contributed by atoms with Crippen LogP contribution in [0.4, 0.5) is 11.6 Å². The maximum Gasteiger partial charge on any atom is 0.293 e. The monoisotopic (exact) mass is 358 g/mol. The van der Waals surface area contributed by atoms with E-state index in [1.54, 1.807) is 36.6 Å². The lowest BCUT2D eigenvalue weighted by Gasteiger charge is -2.25. The van der Waals surface area contributed by atoms with Crippen molar-refractivity contribution in [2.24, 2.45) is 5.92 Å². The zero-order chi connectivity index (χ0) is 18.5. The van der Waals surface area contributed by atoms with Gasteiger partial charge >= 0.3 is 0 Å². The normalized spacial score (nSPS) is 19.9. The van der Waals surface area contributed by atoms with E-state index < -0.39 is 0 Å². The van der Waals surface area contributed by atoms with Gasteiger partial charge in [-0.1, -0.05) is 13.8 Å². The molecule has 1 aliphatic heterocycles. The number of nitrogens with zero attached hydrogens (tertiary/aromatic N) is 5. The van der Waals surface area contributed by atoms with Crippen molar-refractivity contribution in [3.05, 3.63) is 41.3 Å². The van der Waals surface area contributed by atoms with Crippen LogP contribution in [-0.2, 0) is 11.3 Å². The van der Waals surface area contributed by atoms with Gasteiger partial charge in [0.05, 0.1) is 12.1 Å². The van der Waals surface area contributed by atoms with E-state index in [-0.39, 0.29) is 17.7 Å². The van der Waals surface area contributed by atoms with Gasteiger partial charge < -0.3 is 19.5 Å². The largest absolute Gasteiger partial charge is 0.380 e. The molecule has 2 aromatic rings. The summed E-state index contributed by atoms with van der Waals surface area (Å²) in [5.41, 5.74) is -0.0870. The van der Waals surface area contributed by atoms with Gasteiger partial charge in [-0.2, -0.15) is 0 Å². The average molecular weight is 358 g/mol. The number of rotatable bonds is 7. The first-order valence-electron chi connectivity index (χ1n) is 8.93. The Morgan fingerprint density at radius 1 is 1.35 bits per heavy atom. The van der Waals surface area contributed by atoms with Gasteiger partial charge in [0.2, 0.25) is 0 Å². The number of methoxy groups -OCH3 is 1. The third kappa shape index (κ3) is 4.19. The predicted molar refractivity (Wildman–Crippen MR) is 100 cm³/mol. The van der Waals surface area contributed by atoms with Gasteiger partial charge in [-0.15, -0.1) is 0 Å². The molecule has 0 aliphatic carbocycles.